The van der Waals surface area contributed by atoms with Gasteiger partial charge < -0.3 is 16.0 Å². The van der Waals surface area contributed by atoms with Gasteiger partial charge in [0.25, 0.3) is 0 Å². The molecule has 0 saturated carbocycles. The minimum atomic E-state index is 0.810. The van der Waals surface area contributed by atoms with Crippen LogP contribution >= 0.6 is 0 Å². The molecule has 1 aliphatic rings. The fourth-order valence-electron chi connectivity index (χ4n) is 3.25. The zero-order chi connectivity index (χ0) is 14.9. The van der Waals surface area contributed by atoms with E-state index in [0.29, 0.717) is 0 Å². The molecule has 1 aromatic heterocycles. The fraction of sp³-hybridized carbons (Fsp3) is 0.158. The van der Waals surface area contributed by atoms with Gasteiger partial charge in [0.2, 0.25) is 0 Å². The van der Waals surface area contributed by atoms with Crippen molar-refractivity contribution < 1.29 is 0 Å². The van der Waals surface area contributed by atoms with E-state index in [9.17, 15) is 0 Å². The Morgan fingerprint density at radius 1 is 0.955 bits per heavy atom. The number of hydrogen-bond donors (Lipinski definition) is 3. The molecule has 4 N–H and O–H groups in total. The Morgan fingerprint density at radius 2 is 1.77 bits per heavy atom. The summed E-state index contributed by atoms with van der Waals surface area (Å²) in [5.41, 5.74) is 13.1. The minimum Gasteiger partial charge on any atom is -0.398 e. The summed E-state index contributed by atoms with van der Waals surface area (Å²) in [4.78, 5) is 3.58. The van der Waals surface area contributed by atoms with E-state index in [1.54, 1.807) is 0 Å². The lowest BCUT2D eigenvalue weighted by Gasteiger charge is -2.16. The summed E-state index contributed by atoms with van der Waals surface area (Å²) >= 11 is 0. The quantitative estimate of drug-likeness (QED) is 0.629. The SMILES string of the molecule is Nc1ccccc1-c1[nH]c2ccccc2c1C1=CCNCC1. The third-order valence-electron chi connectivity index (χ3n) is 4.32. The monoisotopic (exact) mass is 289 g/mol. The van der Waals surface area contributed by atoms with Gasteiger partial charge in [-0.1, -0.05) is 42.5 Å². The minimum absolute atomic E-state index is 0.810. The highest BCUT2D eigenvalue weighted by atomic mass is 14.9. The number of nitrogens with two attached hydrogens (primary N) is 1. The van der Waals surface area contributed by atoms with Crippen LogP contribution in [-0.2, 0) is 0 Å². The largest absolute Gasteiger partial charge is 0.398 e. The Labute approximate surface area is 129 Å². The Kier molecular flexibility index (Phi) is 3.20. The summed E-state index contributed by atoms with van der Waals surface area (Å²) in [6, 6.07) is 16.5. The smallest absolute Gasteiger partial charge is 0.0562 e. The lowest BCUT2D eigenvalue weighted by Crippen LogP contribution is -2.20. The predicted octanol–water partition coefficient (Wildman–Crippen LogP) is 3.79. The molecule has 0 spiro atoms. The van der Waals surface area contributed by atoms with Crippen LogP contribution < -0.4 is 11.1 Å². The molecule has 3 nitrogen and oxygen atoms in total. The second kappa shape index (κ2) is 5.35. The van der Waals surface area contributed by atoms with Gasteiger partial charge in [-0.25, -0.2) is 0 Å². The van der Waals surface area contributed by atoms with Crippen molar-refractivity contribution in [3.05, 3.63) is 60.2 Å². The van der Waals surface area contributed by atoms with Crippen LogP contribution in [0.25, 0.3) is 27.7 Å². The maximum Gasteiger partial charge on any atom is 0.0562 e. The van der Waals surface area contributed by atoms with Gasteiger partial charge in [0.1, 0.15) is 0 Å². The van der Waals surface area contributed by atoms with Gasteiger partial charge >= 0.3 is 0 Å². The van der Waals surface area contributed by atoms with E-state index < -0.39 is 0 Å². The van der Waals surface area contributed by atoms with Gasteiger partial charge in [-0.15, -0.1) is 0 Å². The maximum atomic E-state index is 6.22. The number of fused-ring (bicyclic) bond motifs is 1. The normalized spacial score (nSPS) is 15.0. The fourth-order valence-corrected chi connectivity index (χ4v) is 3.25. The van der Waals surface area contributed by atoms with E-state index in [-0.39, 0.29) is 0 Å². The Morgan fingerprint density at radius 3 is 2.59 bits per heavy atom. The zero-order valence-electron chi connectivity index (χ0n) is 12.4. The molecule has 3 aromatic rings. The molecule has 2 aromatic carbocycles. The van der Waals surface area contributed by atoms with Crippen LogP contribution in [0.5, 0.6) is 0 Å². The summed E-state index contributed by atoms with van der Waals surface area (Å²) in [6.45, 7) is 1.95. The van der Waals surface area contributed by atoms with Crippen molar-refractivity contribution in [3.8, 4) is 11.3 Å². The van der Waals surface area contributed by atoms with Crippen molar-refractivity contribution in [1.82, 2.24) is 10.3 Å². The Bertz CT molecular complexity index is 858. The molecule has 0 saturated heterocycles. The van der Waals surface area contributed by atoms with Crippen LogP contribution in [0.1, 0.15) is 12.0 Å². The van der Waals surface area contributed by atoms with Crippen molar-refractivity contribution in [2.75, 3.05) is 18.8 Å². The third kappa shape index (κ3) is 2.11. The molecule has 0 fully saturated rings. The predicted molar refractivity (Wildman–Crippen MR) is 93.6 cm³/mol. The molecule has 4 rings (SSSR count). The molecule has 0 aliphatic carbocycles. The number of para-hydroxylation sites is 2. The van der Waals surface area contributed by atoms with E-state index in [2.05, 4.69) is 46.7 Å². The molecular formula is C19H19N3. The number of nitrogen functional groups attached to an aromatic ring is 1. The Balaban J connectivity index is 2.02. The highest BCUT2D eigenvalue weighted by Gasteiger charge is 2.18. The standard InChI is InChI=1S/C19H19N3/c20-16-7-3-1-5-14(16)19-18(13-9-11-21-12-10-13)15-6-2-4-8-17(15)22-19/h1-9,21-22H,10-12,20H2. The van der Waals surface area contributed by atoms with Gasteiger partial charge in [-0.2, -0.15) is 0 Å². The second-order valence-electron chi connectivity index (χ2n) is 5.69. The van der Waals surface area contributed by atoms with Crippen LogP contribution in [0.3, 0.4) is 0 Å². The molecule has 0 amide bonds. The van der Waals surface area contributed by atoms with Crippen LogP contribution in [0, 0.1) is 0 Å². The van der Waals surface area contributed by atoms with Crippen molar-refractivity contribution in [1.29, 1.82) is 0 Å². The first-order valence-corrected chi connectivity index (χ1v) is 7.70. The van der Waals surface area contributed by atoms with E-state index in [0.717, 1.165) is 42.0 Å². The van der Waals surface area contributed by atoms with Crippen LogP contribution in [0.2, 0.25) is 0 Å². The molecule has 3 heteroatoms. The average molecular weight is 289 g/mol. The van der Waals surface area contributed by atoms with Crippen molar-refractivity contribution in [3.63, 3.8) is 0 Å². The summed E-state index contributed by atoms with van der Waals surface area (Å²) < 4.78 is 0. The summed E-state index contributed by atoms with van der Waals surface area (Å²) in [6.07, 6.45) is 3.34. The number of nitrogens with one attached hydrogen (secondary N) is 2. The summed E-state index contributed by atoms with van der Waals surface area (Å²) in [5.74, 6) is 0. The lowest BCUT2D eigenvalue weighted by molar-refractivity contribution is 0.739. The Hall–Kier alpha value is -2.52. The van der Waals surface area contributed by atoms with Crippen molar-refractivity contribution in [2.45, 2.75) is 6.42 Å². The average Bonchev–Trinajstić information content (AvgIpc) is 2.95. The highest BCUT2D eigenvalue weighted by molar-refractivity contribution is 6.01. The molecule has 110 valence electrons. The first kappa shape index (κ1) is 13.2. The van der Waals surface area contributed by atoms with Crippen LogP contribution in [-0.4, -0.2) is 18.1 Å². The molecule has 1 aliphatic heterocycles. The zero-order valence-corrected chi connectivity index (χ0v) is 12.4. The maximum absolute atomic E-state index is 6.22. The number of aromatic nitrogens is 1. The number of anilines is 1. The molecule has 22 heavy (non-hydrogen) atoms. The number of H-pyrrole nitrogens is 1. The van der Waals surface area contributed by atoms with Crippen molar-refractivity contribution in [2.24, 2.45) is 0 Å². The van der Waals surface area contributed by atoms with E-state index in [1.807, 2.05) is 18.2 Å². The van der Waals surface area contributed by atoms with Crippen LogP contribution in [0.4, 0.5) is 5.69 Å². The number of aromatic amines is 1. The van der Waals surface area contributed by atoms with Crippen molar-refractivity contribution >= 4 is 22.2 Å². The van der Waals surface area contributed by atoms with E-state index >= 15 is 0 Å². The lowest BCUT2D eigenvalue weighted by atomic mass is 9.94. The topological polar surface area (TPSA) is 53.8 Å². The molecule has 0 radical (unpaired) electrons. The summed E-state index contributed by atoms with van der Waals surface area (Å²) in [5, 5.41) is 4.66. The molecule has 0 atom stereocenters. The summed E-state index contributed by atoms with van der Waals surface area (Å²) in [7, 11) is 0. The van der Waals surface area contributed by atoms with Gasteiger partial charge in [-0.3, -0.25) is 0 Å². The van der Waals surface area contributed by atoms with E-state index in [4.69, 9.17) is 5.73 Å². The van der Waals surface area contributed by atoms with E-state index in [1.165, 1.54) is 16.5 Å². The first-order chi connectivity index (χ1) is 10.8. The number of benzene rings is 2. The number of hydrogen-bond acceptors (Lipinski definition) is 2. The molecular weight excluding hydrogens is 270 g/mol. The first-order valence-electron chi connectivity index (χ1n) is 7.70. The molecule has 0 bridgehead atoms. The molecule has 2 heterocycles. The van der Waals surface area contributed by atoms with Crippen LogP contribution in [0.15, 0.2) is 54.6 Å². The van der Waals surface area contributed by atoms with Gasteiger partial charge in [-0.05, 0) is 30.7 Å². The third-order valence-corrected chi connectivity index (χ3v) is 4.32. The van der Waals surface area contributed by atoms with Gasteiger partial charge in [0, 0.05) is 34.3 Å². The number of rotatable bonds is 2. The molecule has 0 unspecified atom stereocenters. The highest BCUT2D eigenvalue weighted by Crippen LogP contribution is 2.38. The van der Waals surface area contributed by atoms with Gasteiger partial charge in [0.05, 0.1) is 5.69 Å². The second-order valence-corrected chi connectivity index (χ2v) is 5.69. The van der Waals surface area contributed by atoms with Gasteiger partial charge in [0.15, 0.2) is 0 Å².